The van der Waals surface area contributed by atoms with Gasteiger partial charge in [0.25, 0.3) is 5.91 Å². The Bertz CT molecular complexity index is 414. The van der Waals surface area contributed by atoms with Gasteiger partial charge in [-0.25, -0.2) is 0 Å². The number of nitrogens with zero attached hydrogens (tertiary/aromatic N) is 1. The van der Waals surface area contributed by atoms with Gasteiger partial charge in [-0.3, -0.25) is 4.79 Å². The van der Waals surface area contributed by atoms with Crippen LogP contribution in [0.4, 0.5) is 0 Å². The van der Waals surface area contributed by atoms with Crippen LogP contribution in [0, 0.1) is 8.99 Å². The van der Waals surface area contributed by atoms with Crippen molar-refractivity contribution in [2.75, 3.05) is 13.1 Å². The molecule has 86 valence electrons. The van der Waals surface area contributed by atoms with Crippen LogP contribution in [0.5, 0.6) is 0 Å². The first kappa shape index (κ1) is 11.9. The first-order chi connectivity index (χ1) is 7.49. The highest BCUT2D eigenvalue weighted by Gasteiger charge is 2.32. The van der Waals surface area contributed by atoms with Gasteiger partial charge in [-0.1, -0.05) is 26.0 Å². The fourth-order valence-electron chi connectivity index (χ4n) is 2.09. The molecule has 0 spiro atoms. The number of carbonyl (C=O) groups excluding carboxylic acids is 1. The minimum absolute atomic E-state index is 0.176. The first-order valence-electron chi connectivity index (χ1n) is 5.53. The lowest BCUT2D eigenvalue weighted by atomic mass is 9.93. The fraction of sp³-hybridized carbons (Fsp3) is 0.462. The summed E-state index contributed by atoms with van der Waals surface area (Å²) in [5.74, 6) is 0.176. The molecule has 0 N–H and O–H groups in total. The number of halogens is 1. The van der Waals surface area contributed by atoms with Gasteiger partial charge in [0, 0.05) is 16.7 Å². The third-order valence-electron chi connectivity index (χ3n) is 3.07. The molecule has 0 unspecified atom stereocenters. The number of carbonyl (C=O) groups is 1. The lowest BCUT2D eigenvalue weighted by molar-refractivity contribution is 0.0777. The second-order valence-corrected chi connectivity index (χ2v) is 6.28. The van der Waals surface area contributed by atoms with Crippen molar-refractivity contribution in [3.63, 3.8) is 0 Å². The van der Waals surface area contributed by atoms with E-state index < -0.39 is 0 Å². The predicted molar refractivity (Wildman–Crippen MR) is 73.5 cm³/mol. The van der Waals surface area contributed by atoms with E-state index in [-0.39, 0.29) is 11.3 Å². The maximum Gasteiger partial charge on any atom is 0.254 e. The molecule has 0 radical (unpaired) electrons. The van der Waals surface area contributed by atoms with Crippen molar-refractivity contribution in [2.45, 2.75) is 20.3 Å². The first-order valence-corrected chi connectivity index (χ1v) is 6.61. The summed E-state index contributed by atoms with van der Waals surface area (Å²) in [4.78, 5) is 14.2. The van der Waals surface area contributed by atoms with Crippen LogP contribution in [-0.2, 0) is 0 Å². The summed E-state index contributed by atoms with van der Waals surface area (Å²) in [5, 5.41) is 0. The van der Waals surface area contributed by atoms with E-state index in [0.717, 1.165) is 28.6 Å². The highest BCUT2D eigenvalue weighted by atomic mass is 127. The van der Waals surface area contributed by atoms with Crippen molar-refractivity contribution in [3.8, 4) is 0 Å². The fourth-order valence-corrected chi connectivity index (χ4v) is 2.71. The molecule has 0 aromatic heterocycles. The number of benzene rings is 1. The highest BCUT2D eigenvalue weighted by molar-refractivity contribution is 14.1. The topological polar surface area (TPSA) is 20.3 Å². The van der Waals surface area contributed by atoms with Crippen molar-refractivity contribution in [1.29, 1.82) is 0 Å². The summed E-state index contributed by atoms with van der Waals surface area (Å²) in [7, 11) is 0. The van der Waals surface area contributed by atoms with Gasteiger partial charge in [0.1, 0.15) is 0 Å². The quantitative estimate of drug-likeness (QED) is 0.725. The average Bonchev–Trinajstić information content (AvgIpc) is 2.59. The largest absolute Gasteiger partial charge is 0.338 e. The van der Waals surface area contributed by atoms with Crippen molar-refractivity contribution in [2.24, 2.45) is 5.41 Å². The molecule has 0 saturated carbocycles. The average molecular weight is 329 g/mol. The SMILES string of the molecule is CC1(C)CCN(C(=O)c2ccccc2I)C1. The summed E-state index contributed by atoms with van der Waals surface area (Å²) >= 11 is 2.22. The van der Waals surface area contributed by atoms with Crippen LogP contribution in [0.3, 0.4) is 0 Å². The smallest absolute Gasteiger partial charge is 0.254 e. The van der Waals surface area contributed by atoms with E-state index in [4.69, 9.17) is 0 Å². The van der Waals surface area contributed by atoms with Crippen molar-refractivity contribution >= 4 is 28.5 Å². The van der Waals surface area contributed by atoms with Crippen LogP contribution in [0.15, 0.2) is 24.3 Å². The molecule has 0 bridgehead atoms. The molecule has 1 amide bonds. The molecule has 2 nitrogen and oxygen atoms in total. The zero-order valence-electron chi connectivity index (χ0n) is 9.66. The van der Waals surface area contributed by atoms with Crippen LogP contribution < -0.4 is 0 Å². The molecule has 1 aromatic carbocycles. The summed E-state index contributed by atoms with van der Waals surface area (Å²) in [6.45, 7) is 6.19. The Balaban J connectivity index is 2.18. The highest BCUT2D eigenvalue weighted by Crippen LogP contribution is 2.30. The van der Waals surface area contributed by atoms with Gasteiger partial charge in [-0.2, -0.15) is 0 Å². The van der Waals surface area contributed by atoms with Crippen molar-refractivity contribution < 1.29 is 4.79 Å². The Labute approximate surface area is 110 Å². The Morgan fingerprint density at radius 1 is 1.38 bits per heavy atom. The lowest BCUT2D eigenvalue weighted by Crippen LogP contribution is -2.30. The molecule has 2 rings (SSSR count). The predicted octanol–water partition coefficient (Wildman–Crippen LogP) is 3.16. The van der Waals surface area contributed by atoms with Crippen LogP contribution in [-0.4, -0.2) is 23.9 Å². The van der Waals surface area contributed by atoms with Crippen LogP contribution in [0.2, 0.25) is 0 Å². The minimum atomic E-state index is 0.176. The molecule has 1 fully saturated rings. The van der Waals surface area contributed by atoms with Gasteiger partial charge in [0.2, 0.25) is 0 Å². The van der Waals surface area contributed by atoms with Gasteiger partial charge in [0.05, 0.1) is 5.56 Å². The minimum Gasteiger partial charge on any atom is -0.338 e. The second kappa shape index (κ2) is 4.35. The molecule has 1 saturated heterocycles. The van der Waals surface area contributed by atoms with E-state index in [1.54, 1.807) is 0 Å². The van der Waals surface area contributed by atoms with Gasteiger partial charge < -0.3 is 4.90 Å². The molecule has 1 aromatic rings. The van der Waals surface area contributed by atoms with Gasteiger partial charge in [-0.15, -0.1) is 0 Å². The zero-order chi connectivity index (χ0) is 11.8. The molecule has 1 heterocycles. The Morgan fingerprint density at radius 2 is 2.06 bits per heavy atom. The Hall–Kier alpha value is -0.580. The lowest BCUT2D eigenvalue weighted by Gasteiger charge is -2.20. The van der Waals surface area contributed by atoms with Gasteiger partial charge in [-0.05, 0) is 46.6 Å². The van der Waals surface area contributed by atoms with Gasteiger partial charge >= 0.3 is 0 Å². The third-order valence-corrected chi connectivity index (χ3v) is 4.01. The van der Waals surface area contributed by atoms with E-state index in [0.29, 0.717) is 0 Å². The molecule has 0 aliphatic carbocycles. The summed E-state index contributed by atoms with van der Waals surface area (Å²) < 4.78 is 1.04. The van der Waals surface area contributed by atoms with E-state index >= 15 is 0 Å². The third kappa shape index (κ3) is 2.39. The molecule has 1 aliphatic heterocycles. The standard InChI is InChI=1S/C13H16INO/c1-13(2)7-8-15(9-13)12(16)10-5-3-4-6-11(10)14/h3-6H,7-9H2,1-2H3. The Morgan fingerprint density at radius 3 is 2.62 bits per heavy atom. The van der Waals surface area contributed by atoms with Crippen LogP contribution in [0.1, 0.15) is 30.6 Å². The number of rotatable bonds is 1. The van der Waals surface area contributed by atoms with Crippen LogP contribution >= 0.6 is 22.6 Å². The number of hydrogen-bond donors (Lipinski definition) is 0. The zero-order valence-corrected chi connectivity index (χ0v) is 11.8. The van der Waals surface area contributed by atoms with Crippen LogP contribution in [0.25, 0.3) is 0 Å². The number of amides is 1. The van der Waals surface area contributed by atoms with E-state index in [1.807, 2.05) is 29.2 Å². The van der Waals surface area contributed by atoms with Crippen molar-refractivity contribution in [1.82, 2.24) is 4.90 Å². The monoisotopic (exact) mass is 329 g/mol. The van der Waals surface area contributed by atoms with E-state index in [2.05, 4.69) is 36.4 Å². The van der Waals surface area contributed by atoms with E-state index in [1.165, 1.54) is 0 Å². The summed E-state index contributed by atoms with van der Waals surface area (Å²) in [6.07, 6.45) is 1.10. The number of hydrogen-bond acceptors (Lipinski definition) is 1. The summed E-state index contributed by atoms with van der Waals surface area (Å²) in [6, 6.07) is 7.79. The molecular formula is C13H16INO. The number of likely N-dealkylation sites (tertiary alicyclic amines) is 1. The second-order valence-electron chi connectivity index (χ2n) is 5.12. The molecule has 1 aliphatic rings. The molecule has 3 heteroatoms. The maximum atomic E-state index is 12.3. The Kier molecular flexibility index (Phi) is 3.24. The molecule has 0 atom stereocenters. The van der Waals surface area contributed by atoms with E-state index in [9.17, 15) is 4.79 Å². The molecule has 16 heavy (non-hydrogen) atoms. The maximum absolute atomic E-state index is 12.3. The van der Waals surface area contributed by atoms with Gasteiger partial charge in [0.15, 0.2) is 0 Å². The molecular weight excluding hydrogens is 313 g/mol. The van der Waals surface area contributed by atoms with Crippen molar-refractivity contribution in [3.05, 3.63) is 33.4 Å². The normalized spacial score (nSPS) is 18.8. The summed E-state index contributed by atoms with van der Waals surface area (Å²) in [5.41, 5.74) is 1.11.